The first-order valence-electron chi connectivity index (χ1n) is 11.8. The highest BCUT2D eigenvalue weighted by atomic mass is 32.1. The third kappa shape index (κ3) is 4.90. The van der Waals surface area contributed by atoms with Crippen LogP contribution in [0.25, 0.3) is 26.5 Å². The SMILES string of the molecule is Cc1ncc(NC(=O)CN2C[C@H](C)O[C@@H](C)C2)cc1-c1c(-c2ccc[nH]c2=O)sc2c(C(N)=O)cnn12. The number of nitrogens with two attached hydrogens (primary N) is 1. The first-order valence-corrected chi connectivity index (χ1v) is 12.7. The molecule has 37 heavy (non-hydrogen) atoms. The first-order chi connectivity index (χ1) is 17.7. The summed E-state index contributed by atoms with van der Waals surface area (Å²) in [5.41, 5.74) is 8.39. The number of ether oxygens (including phenoxy) is 1. The standard InChI is InChI=1S/C25H27N7O4S/c1-13-10-31(11-14(2)36-13)12-20(33)30-16-7-18(15(3)28-8-16)21-22(17-5-4-6-27-24(17)35)37-25-19(23(26)34)9-29-32(21)25/h4-9,13-14H,10-12H2,1-3H3,(H2,26,34)(H,27,35)(H,30,33)/t13-,14-/m0/s1. The number of pyridine rings is 2. The molecule has 0 aromatic carbocycles. The van der Waals surface area contributed by atoms with E-state index in [0.29, 0.717) is 51.0 Å². The minimum Gasteiger partial charge on any atom is -0.373 e. The number of nitrogens with zero attached hydrogens (tertiary/aromatic N) is 4. The van der Waals surface area contributed by atoms with E-state index < -0.39 is 5.91 Å². The van der Waals surface area contributed by atoms with Crippen LogP contribution < -0.4 is 16.6 Å². The summed E-state index contributed by atoms with van der Waals surface area (Å²) in [6.45, 7) is 7.41. The topological polar surface area (TPSA) is 148 Å². The van der Waals surface area contributed by atoms with Gasteiger partial charge in [0, 0.05) is 30.5 Å². The zero-order valence-electron chi connectivity index (χ0n) is 20.6. The van der Waals surface area contributed by atoms with E-state index in [2.05, 4.69) is 25.3 Å². The molecule has 1 aliphatic heterocycles. The van der Waals surface area contributed by atoms with E-state index in [4.69, 9.17) is 10.5 Å². The predicted molar refractivity (Wildman–Crippen MR) is 141 cm³/mol. The lowest BCUT2D eigenvalue weighted by atomic mass is 10.1. The number of rotatable bonds is 6. The van der Waals surface area contributed by atoms with E-state index >= 15 is 0 Å². The molecule has 1 saturated heterocycles. The van der Waals surface area contributed by atoms with Crippen LogP contribution >= 0.6 is 11.3 Å². The Kier molecular flexibility index (Phi) is 6.63. The number of amides is 2. The lowest BCUT2D eigenvalue weighted by Gasteiger charge is -2.34. The van der Waals surface area contributed by atoms with Crippen LogP contribution in [0, 0.1) is 6.92 Å². The van der Waals surface area contributed by atoms with Gasteiger partial charge in [-0.25, -0.2) is 4.52 Å². The Morgan fingerprint density at radius 2 is 2.00 bits per heavy atom. The average molecular weight is 522 g/mol. The molecule has 4 N–H and O–H groups in total. The normalized spacial score (nSPS) is 18.2. The van der Waals surface area contributed by atoms with Crippen molar-refractivity contribution in [2.24, 2.45) is 5.73 Å². The van der Waals surface area contributed by atoms with E-state index in [9.17, 15) is 14.4 Å². The summed E-state index contributed by atoms with van der Waals surface area (Å²) in [6.07, 6.45) is 4.68. The van der Waals surface area contributed by atoms with Gasteiger partial charge in [-0.05, 0) is 39.0 Å². The highest BCUT2D eigenvalue weighted by Crippen LogP contribution is 2.40. The van der Waals surface area contributed by atoms with Crippen molar-refractivity contribution >= 4 is 33.7 Å². The second-order valence-corrected chi connectivity index (χ2v) is 10.2. The maximum Gasteiger partial charge on any atom is 0.256 e. The van der Waals surface area contributed by atoms with Gasteiger partial charge >= 0.3 is 0 Å². The summed E-state index contributed by atoms with van der Waals surface area (Å²) < 4.78 is 7.35. The summed E-state index contributed by atoms with van der Waals surface area (Å²) in [4.78, 5) is 48.0. The predicted octanol–water partition coefficient (Wildman–Crippen LogP) is 2.27. The van der Waals surface area contributed by atoms with Gasteiger partial charge in [-0.15, -0.1) is 11.3 Å². The van der Waals surface area contributed by atoms with Gasteiger partial charge in [0.2, 0.25) is 5.91 Å². The van der Waals surface area contributed by atoms with Gasteiger partial charge in [-0.1, -0.05) is 0 Å². The summed E-state index contributed by atoms with van der Waals surface area (Å²) in [6, 6.07) is 5.24. The molecule has 0 spiro atoms. The monoisotopic (exact) mass is 521 g/mol. The lowest BCUT2D eigenvalue weighted by Crippen LogP contribution is -2.48. The lowest BCUT2D eigenvalue weighted by molar-refractivity contribution is -0.121. The molecule has 1 fully saturated rings. The van der Waals surface area contributed by atoms with Gasteiger partial charge in [0.15, 0.2) is 0 Å². The number of morpholine rings is 1. The fourth-order valence-electron chi connectivity index (χ4n) is 4.68. The highest BCUT2D eigenvalue weighted by Gasteiger charge is 2.26. The minimum absolute atomic E-state index is 0.0594. The van der Waals surface area contributed by atoms with Gasteiger partial charge in [-0.3, -0.25) is 24.3 Å². The number of carbonyl (C=O) groups is 2. The molecule has 11 nitrogen and oxygen atoms in total. The number of nitrogens with one attached hydrogen (secondary N) is 2. The van der Waals surface area contributed by atoms with E-state index in [1.807, 2.05) is 20.8 Å². The molecular weight excluding hydrogens is 494 g/mol. The van der Waals surface area contributed by atoms with Crippen LogP contribution in [0.2, 0.25) is 0 Å². The van der Waals surface area contributed by atoms with Crippen molar-refractivity contribution in [1.29, 1.82) is 0 Å². The second-order valence-electron chi connectivity index (χ2n) is 9.19. The number of anilines is 1. The van der Waals surface area contributed by atoms with Crippen LogP contribution in [-0.2, 0) is 9.53 Å². The van der Waals surface area contributed by atoms with Crippen molar-refractivity contribution in [1.82, 2.24) is 24.5 Å². The quantitative estimate of drug-likeness (QED) is 0.353. The van der Waals surface area contributed by atoms with Crippen molar-refractivity contribution < 1.29 is 14.3 Å². The first kappa shape index (κ1) is 24.8. The zero-order chi connectivity index (χ0) is 26.3. The Bertz CT molecular complexity index is 1550. The van der Waals surface area contributed by atoms with Crippen molar-refractivity contribution in [3.63, 3.8) is 0 Å². The molecular formula is C25H27N7O4S. The molecule has 0 saturated carbocycles. The number of H-pyrrole nitrogens is 1. The Labute approximate surface area is 216 Å². The Morgan fingerprint density at radius 3 is 2.70 bits per heavy atom. The molecule has 1 aliphatic rings. The van der Waals surface area contributed by atoms with E-state index in [0.717, 1.165) is 0 Å². The van der Waals surface area contributed by atoms with Gasteiger partial charge in [0.05, 0.1) is 58.5 Å². The highest BCUT2D eigenvalue weighted by molar-refractivity contribution is 7.21. The number of aromatic nitrogens is 4. The van der Waals surface area contributed by atoms with Crippen LogP contribution in [0.15, 0.2) is 41.6 Å². The summed E-state index contributed by atoms with van der Waals surface area (Å²) in [5.74, 6) is -0.776. The molecule has 2 amide bonds. The molecule has 4 aromatic heterocycles. The molecule has 0 bridgehead atoms. The van der Waals surface area contributed by atoms with Gasteiger partial charge in [0.1, 0.15) is 4.83 Å². The number of thiazole rings is 1. The van der Waals surface area contributed by atoms with E-state index in [1.165, 1.54) is 17.5 Å². The molecule has 2 atom stereocenters. The molecule has 0 unspecified atom stereocenters. The maximum absolute atomic E-state index is 12.9. The van der Waals surface area contributed by atoms with Crippen molar-refractivity contribution in [3.8, 4) is 21.7 Å². The van der Waals surface area contributed by atoms with Gasteiger partial charge in [0.25, 0.3) is 11.5 Å². The Morgan fingerprint density at radius 1 is 1.24 bits per heavy atom. The second kappa shape index (κ2) is 9.88. The minimum atomic E-state index is -0.612. The smallest absolute Gasteiger partial charge is 0.256 e. The number of fused-ring (bicyclic) bond motifs is 1. The summed E-state index contributed by atoms with van der Waals surface area (Å²) >= 11 is 1.25. The van der Waals surface area contributed by atoms with E-state index in [1.54, 1.807) is 35.1 Å². The Balaban J connectivity index is 1.54. The fourth-order valence-corrected chi connectivity index (χ4v) is 5.93. The molecule has 5 heterocycles. The molecule has 0 radical (unpaired) electrons. The fraction of sp³-hybridized carbons (Fsp3) is 0.320. The average Bonchev–Trinajstić information content (AvgIpc) is 3.39. The van der Waals surface area contributed by atoms with Crippen molar-refractivity contribution in [3.05, 3.63) is 58.4 Å². The van der Waals surface area contributed by atoms with Crippen LogP contribution in [-0.4, -0.2) is 68.1 Å². The third-order valence-corrected chi connectivity index (χ3v) is 7.37. The van der Waals surface area contributed by atoms with Gasteiger partial charge < -0.3 is 20.8 Å². The van der Waals surface area contributed by atoms with Crippen molar-refractivity contribution in [2.45, 2.75) is 33.0 Å². The summed E-state index contributed by atoms with van der Waals surface area (Å²) in [5, 5.41) is 7.33. The van der Waals surface area contributed by atoms with Gasteiger partial charge in [-0.2, -0.15) is 5.10 Å². The van der Waals surface area contributed by atoms with Crippen LogP contribution in [0.5, 0.6) is 0 Å². The zero-order valence-corrected chi connectivity index (χ0v) is 21.5. The molecule has 4 aromatic rings. The molecule has 12 heteroatoms. The molecule has 192 valence electrons. The summed E-state index contributed by atoms with van der Waals surface area (Å²) in [7, 11) is 0. The van der Waals surface area contributed by atoms with Crippen LogP contribution in [0.4, 0.5) is 5.69 Å². The van der Waals surface area contributed by atoms with E-state index in [-0.39, 0.29) is 35.8 Å². The molecule has 0 aliphatic carbocycles. The number of hydrogen-bond donors (Lipinski definition) is 3. The number of aryl methyl sites for hydroxylation is 1. The third-order valence-electron chi connectivity index (χ3n) is 6.17. The largest absolute Gasteiger partial charge is 0.373 e. The number of hydrogen-bond acceptors (Lipinski definition) is 8. The number of aromatic amines is 1. The van der Waals surface area contributed by atoms with Crippen LogP contribution in [0.1, 0.15) is 29.9 Å². The Hall–Kier alpha value is -3.87. The molecule has 5 rings (SSSR count). The number of carbonyl (C=O) groups excluding carboxylic acids is 2. The van der Waals surface area contributed by atoms with Crippen molar-refractivity contribution in [2.75, 3.05) is 25.0 Å². The maximum atomic E-state index is 12.9. The number of primary amides is 1. The van der Waals surface area contributed by atoms with Crippen LogP contribution in [0.3, 0.4) is 0 Å².